The van der Waals surface area contributed by atoms with E-state index in [4.69, 9.17) is 4.42 Å². The number of carbonyl (C=O) groups excluding carboxylic acids is 3. The number of nitrogens with zero attached hydrogens (tertiary/aromatic N) is 1. The first-order chi connectivity index (χ1) is 15.3. The van der Waals surface area contributed by atoms with E-state index in [1.165, 1.54) is 18.2 Å². The third-order valence-electron chi connectivity index (χ3n) is 5.19. The number of carbonyl (C=O) groups is 4. The smallest absolute Gasteiger partial charge is 0.336 e. The Kier molecular flexibility index (Phi) is 5.19. The molecule has 2 N–H and O–H groups in total. The fourth-order valence-electron chi connectivity index (χ4n) is 3.36. The number of barbiturate groups is 1. The molecule has 1 saturated heterocycles. The first kappa shape index (κ1) is 20.8. The van der Waals surface area contributed by atoms with Crippen molar-refractivity contribution in [3.05, 3.63) is 82.6 Å². The van der Waals surface area contributed by atoms with Gasteiger partial charge in [0, 0.05) is 5.56 Å². The molecule has 4 rings (SSSR count). The van der Waals surface area contributed by atoms with E-state index in [1.54, 1.807) is 42.5 Å². The Morgan fingerprint density at radius 3 is 2.47 bits per heavy atom. The van der Waals surface area contributed by atoms with Gasteiger partial charge in [-0.3, -0.25) is 14.9 Å². The van der Waals surface area contributed by atoms with Gasteiger partial charge in [-0.05, 0) is 61.4 Å². The highest BCUT2D eigenvalue weighted by atomic mass is 16.4. The highest BCUT2D eigenvalue weighted by molar-refractivity contribution is 6.39. The standard InChI is InChI=1S/C24H18N2O6/c1-13-7-8-15(11-14(13)2)26-22(28)19(21(27)25-24(26)31)12-16-9-10-20(32-16)17-5-3-4-6-18(17)23(29)30/h3-12H,1-2H3,(H,29,30)(H,25,27,31)/b19-12-. The molecule has 8 heteroatoms. The maximum atomic E-state index is 13.0. The van der Waals surface area contributed by atoms with Gasteiger partial charge in [-0.25, -0.2) is 14.5 Å². The summed E-state index contributed by atoms with van der Waals surface area (Å²) in [6.45, 7) is 3.76. The van der Waals surface area contributed by atoms with Crippen molar-refractivity contribution in [1.29, 1.82) is 0 Å². The largest absolute Gasteiger partial charge is 0.478 e. The molecule has 32 heavy (non-hydrogen) atoms. The van der Waals surface area contributed by atoms with Crippen LogP contribution in [0.3, 0.4) is 0 Å². The minimum atomic E-state index is -1.11. The zero-order chi connectivity index (χ0) is 23.0. The second-order valence-corrected chi connectivity index (χ2v) is 7.28. The predicted octanol–water partition coefficient (Wildman–Crippen LogP) is 3.93. The molecule has 4 amide bonds. The predicted molar refractivity (Wildman–Crippen MR) is 116 cm³/mol. The summed E-state index contributed by atoms with van der Waals surface area (Å²) in [6.07, 6.45) is 1.23. The number of furan rings is 1. The highest BCUT2D eigenvalue weighted by Gasteiger charge is 2.37. The molecule has 2 heterocycles. The first-order valence-corrected chi connectivity index (χ1v) is 9.67. The maximum absolute atomic E-state index is 13.0. The van der Waals surface area contributed by atoms with Crippen LogP contribution in [-0.4, -0.2) is 28.9 Å². The van der Waals surface area contributed by atoms with Crippen LogP contribution >= 0.6 is 0 Å². The number of benzene rings is 2. The number of urea groups is 1. The summed E-state index contributed by atoms with van der Waals surface area (Å²) in [7, 11) is 0. The molecule has 0 radical (unpaired) electrons. The SMILES string of the molecule is Cc1ccc(N2C(=O)NC(=O)/C(=C/c3ccc(-c4ccccc4C(=O)O)o3)C2=O)cc1C. The van der Waals surface area contributed by atoms with Crippen molar-refractivity contribution < 1.29 is 28.7 Å². The van der Waals surface area contributed by atoms with Crippen LogP contribution in [0.4, 0.5) is 10.5 Å². The van der Waals surface area contributed by atoms with Gasteiger partial charge in [0.05, 0.1) is 11.3 Å². The Morgan fingerprint density at radius 2 is 1.75 bits per heavy atom. The quantitative estimate of drug-likeness (QED) is 0.479. The van der Waals surface area contributed by atoms with Gasteiger partial charge in [-0.1, -0.05) is 24.3 Å². The third-order valence-corrected chi connectivity index (χ3v) is 5.19. The maximum Gasteiger partial charge on any atom is 0.336 e. The number of hydrogen-bond donors (Lipinski definition) is 2. The second kappa shape index (κ2) is 7.99. The van der Waals surface area contributed by atoms with Crippen LogP contribution in [-0.2, 0) is 9.59 Å². The minimum Gasteiger partial charge on any atom is -0.478 e. The summed E-state index contributed by atoms with van der Waals surface area (Å²) < 4.78 is 5.69. The van der Waals surface area contributed by atoms with Gasteiger partial charge < -0.3 is 9.52 Å². The van der Waals surface area contributed by atoms with Gasteiger partial charge in [0.25, 0.3) is 11.8 Å². The molecule has 1 fully saturated rings. The number of nitrogens with one attached hydrogen (secondary N) is 1. The zero-order valence-corrected chi connectivity index (χ0v) is 17.2. The summed E-state index contributed by atoms with van der Waals surface area (Å²) in [5, 5.41) is 11.5. The Bertz CT molecular complexity index is 1320. The van der Waals surface area contributed by atoms with Crippen molar-refractivity contribution in [3.8, 4) is 11.3 Å². The zero-order valence-electron chi connectivity index (χ0n) is 17.2. The van der Waals surface area contributed by atoms with Gasteiger partial charge in [0.2, 0.25) is 0 Å². The average Bonchev–Trinajstić information content (AvgIpc) is 3.22. The molecular formula is C24H18N2O6. The van der Waals surface area contributed by atoms with Crippen molar-refractivity contribution in [2.24, 2.45) is 0 Å². The monoisotopic (exact) mass is 430 g/mol. The lowest BCUT2D eigenvalue weighted by Gasteiger charge is -2.26. The molecule has 0 bridgehead atoms. The van der Waals surface area contributed by atoms with Crippen LogP contribution in [0.1, 0.15) is 27.2 Å². The number of imide groups is 2. The summed E-state index contributed by atoms with van der Waals surface area (Å²) in [5.74, 6) is -2.31. The number of aryl methyl sites for hydroxylation is 2. The molecule has 1 aromatic heterocycles. The molecule has 8 nitrogen and oxygen atoms in total. The number of rotatable bonds is 4. The summed E-state index contributed by atoms with van der Waals surface area (Å²) in [4.78, 5) is 50.1. The Hall–Kier alpha value is -4.46. The number of anilines is 1. The van der Waals surface area contributed by atoms with Gasteiger partial charge in [0.15, 0.2) is 0 Å². The van der Waals surface area contributed by atoms with Crippen LogP contribution in [0.2, 0.25) is 0 Å². The van der Waals surface area contributed by atoms with Crippen LogP contribution < -0.4 is 10.2 Å². The van der Waals surface area contributed by atoms with Gasteiger partial charge in [0.1, 0.15) is 17.1 Å². The molecule has 160 valence electrons. The fraction of sp³-hybridized carbons (Fsp3) is 0.0833. The highest BCUT2D eigenvalue weighted by Crippen LogP contribution is 2.28. The molecule has 0 aliphatic carbocycles. The topological polar surface area (TPSA) is 117 Å². The fourth-order valence-corrected chi connectivity index (χ4v) is 3.36. The van der Waals surface area contributed by atoms with E-state index in [0.717, 1.165) is 16.0 Å². The number of amides is 4. The molecule has 3 aromatic rings. The van der Waals surface area contributed by atoms with Crippen LogP contribution in [0.25, 0.3) is 17.4 Å². The van der Waals surface area contributed by atoms with Crippen LogP contribution in [0.15, 0.2) is 64.6 Å². The van der Waals surface area contributed by atoms with Crippen molar-refractivity contribution in [1.82, 2.24) is 5.32 Å². The molecule has 1 aliphatic heterocycles. The number of carboxylic acid groups (broad SMARTS) is 1. The average molecular weight is 430 g/mol. The third kappa shape index (κ3) is 3.69. The molecule has 1 aliphatic rings. The Labute approximate surface area is 182 Å². The van der Waals surface area contributed by atoms with E-state index in [0.29, 0.717) is 11.3 Å². The molecule has 0 spiro atoms. The van der Waals surface area contributed by atoms with E-state index in [1.807, 2.05) is 13.8 Å². The summed E-state index contributed by atoms with van der Waals surface area (Å²) in [5.41, 5.74) is 2.35. The summed E-state index contributed by atoms with van der Waals surface area (Å²) >= 11 is 0. The molecule has 2 aromatic carbocycles. The Morgan fingerprint density at radius 1 is 1.00 bits per heavy atom. The van der Waals surface area contributed by atoms with E-state index < -0.39 is 23.8 Å². The molecule has 0 saturated carbocycles. The summed E-state index contributed by atoms with van der Waals surface area (Å²) in [6, 6.07) is 13.6. The number of aromatic carboxylic acids is 1. The van der Waals surface area contributed by atoms with Gasteiger partial charge in [-0.2, -0.15) is 0 Å². The number of carboxylic acids is 1. The second-order valence-electron chi connectivity index (χ2n) is 7.28. The van der Waals surface area contributed by atoms with Crippen molar-refractivity contribution in [2.45, 2.75) is 13.8 Å². The Balaban J connectivity index is 1.70. The lowest BCUT2D eigenvalue weighted by Crippen LogP contribution is -2.54. The minimum absolute atomic E-state index is 0.0547. The van der Waals surface area contributed by atoms with E-state index >= 15 is 0 Å². The molecule has 0 atom stereocenters. The van der Waals surface area contributed by atoms with E-state index in [-0.39, 0.29) is 22.7 Å². The van der Waals surface area contributed by atoms with Crippen LogP contribution in [0, 0.1) is 13.8 Å². The number of hydrogen-bond acceptors (Lipinski definition) is 5. The van der Waals surface area contributed by atoms with Gasteiger partial charge >= 0.3 is 12.0 Å². The van der Waals surface area contributed by atoms with Gasteiger partial charge in [-0.15, -0.1) is 0 Å². The van der Waals surface area contributed by atoms with Crippen molar-refractivity contribution >= 4 is 35.6 Å². The van der Waals surface area contributed by atoms with E-state index in [2.05, 4.69) is 5.32 Å². The van der Waals surface area contributed by atoms with Crippen molar-refractivity contribution in [2.75, 3.05) is 4.90 Å². The van der Waals surface area contributed by atoms with E-state index in [9.17, 15) is 24.3 Å². The molecule has 0 unspecified atom stereocenters. The lowest BCUT2D eigenvalue weighted by molar-refractivity contribution is -0.122. The lowest BCUT2D eigenvalue weighted by atomic mass is 10.1. The van der Waals surface area contributed by atoms with Crippen molar-refractivity contribution in [3.63, 3.8) is 0 Å². The van der Waals surface area contributed by atoms with Crippen LogP contribution in [0.5, 0.6) is 0 Å². The normalized spacial score (nSPS) is 15.2. The molecular weight excluding hydrogens is 412 g/mol. The first-order valence-electron chi connectivity index (χ1n) is 9.67.